The molecule has 0 spiro atoms. The maximum Gasteiger partial charge on any atom is 0.255 e. The Bertz CT molecular complexity index is 964. The summed E-state index contributed by atoms with van der Waals surface area (Å²) >= 11 is 5.70. The Morgan fingerprint density at radius 2 is 2.18 bits per heavy atom. The molecule has 1 aliphatic heterocycles. The van der Waals surface area contributed by atoms with Crippen molar-refractivity contribution >= 4 is 29.0 Å². The average molecular weight is 413 g/mol. The highest BCUT2D eigenvalue weighted by atomic mass is 35.5. The molecular weight excluding hydrogens is 394 g/mol. The largest absolute Gasteiger partial charge is 0.348 e. The number of nitrogens with one attached hydrogen (secondary N) is 1. The van der Waals surface area contributed by atoms with Crippen molar-refractivity contribution in [1.82, 2.24) is 9.55 Å². The number of benzene rings is 1. The number of rotatable bonds is 4. The molecule has 2 aromatic rings. The minimum Gasteiger partial charge on any atom is -0.348 e. The highest BCUT2D eigenvalue weighted by molar-refractivity contribution is 6.31. The van der Waals surface area contributed by atoms with Gasteiger partial charge in [0.15, 0.2) is 0 Å². The fourth-order valence-electron chi connectivity index (χ4n) is 2.85. The summed E-state index contributed by atoms with van der Waals surface area (Å²) in [5.74, 6) is -2.41. The lowest BCUT2D eigenvalue weighted by molar-refractivity contribution is -0.136. The Balaban J connectivity index is 1.79. The molecule has 1 aromatic heterocycles. The van der Waals surface area contributed by atoms with Crippen molar-refractivity contribution in [1.29, 1.82) is 0 Å². The lowest BCUT2D eigenvalue weighted by Crippen LogP contribution is -2.48. The van der Waals surface area contributed by atoms with Gasteiger partial charge in [-0.15, -0.1) is 0 Å². The highest BCUT2D eigenvalue weighted by Crippen LogP contribution is 2.23. The van der Waals surface area contributed by atoms with E-state index in [1.54, 1.807) is 4.90 Å². The van der Waals surface area contributed by atoms with Crippen LogP contribution in [-0.2, 0) is 23.0 Å². The predicted octanol–water partition coefficient (Wildman–Crippen LogP) is 2.28. The van der Waals surface area contributed by atoms with E-state index in [9.17, 15) is 18.4 Å². The van der Waals surface area contributed by atoms with E-state index in [4.69, 9.17) is 16.3 Å². The molecule has 28 heavy (non-hydrogen) atoms. The molecule has 10 heteroatoms. The molecule has 0 aliphatic carbocycles. The van der Waals surface area contributed by atoms with Crippen LogP contribution in [0.2, 0.25) is 5.02 Å². The predicted molar refractivity (Wildman–Crippen MR) is 101 cm³/mol. The maximum atomic E-state index is 14.1. The topological polar surface area (TPSA) is 76.5 Å². The van der Waals surface area contributed by atoms with E-state index in [1.165, 1.54) is 36.7 Å². The molecule has 1 saturated heterocycles. The van der Waals surface area contributed by atoms with Crippen LogP contribution in [0.25, 0.3) is 0 Å². The number of nitrogens with zero attached hydrogens (tertiary/aromatic N) is 3. The van der Waals surface area contributed by atoms with Gasteiger partial charge in [-0.25, -0.2) is 13.8 Å². The van der Waals surface area contributed by atoms with Gasteiger partial charge in [-0.2, -0.15) is 0 Å². The molecule has 0 radical (unpaired) electrons. The second-order valence-electron chi connectivity index (χ2n) is 6.65. The molecule has 0 bridgehead atoms. The van der Waals surface area contributed by atoms with Crippen LogP contribution in [0, 0.1) is 5.82 Å². The van der Waals surface area contributed by atoms with Gasteiger partial charge in [0.2, 0.25) is 11.8 Å². The molecule has 1 aromatic carbocycles. The normalized spacial score (nSPS) is 19.5. The molecule has 1 amide bonds. The zero-order valence-corrected chi connectivity index (χ0v) is 16.1. The Hall–Kier alpha value is -2.52. The summed E-state index contributed by atoms with van der Waals surface area (Å²) in [6, 6.07) is 5.09. The maximum absolute atomic E-state index is 14.1. The van der Waals surface area contributed by atoms with Gasteiger partial charge >= 0.3 is 0 Å². The van der Waals surface area contributed by atoms with Crippen LogP contribution in [0.3, 0.4) is 0 Å². The summed E-state index contributed by atoms with van der Waals surface area (Å²) in [6.45, 7) is 1.76. The van der Waals surface area contributed by atoms with Crippen molar-refractivity contribution in [3.8, 4) is 0 Å². The Kier molecular flexibility index (Phi) is 5.66. The fraction of sp³-hybridized carbons (Fsp3) is 0.389. The van der Waals surface area contributed by atoms with Gasteiger partial charge in [0.05, 0.1) is 24.6 Å². The van der Waals surface area contributed by atoms with Gasteiger partial charge in [-0.1, -0.05) is 11.6 Å². The van der Waals surface area contributed by atoms with Gasteiger partial charge in [0.25, 0.3) is 5.56 Å². The average Bonchev–Trinajstić information content (AvgIpc) is 2.61. The monoisotopic (exact) mass is 412 g/mol. The van der Waals surface area contributed by atoms with Crippen LogP contribution in [-0.4, -0.2) is 41.0 Å². The van der Waals surface area contributed by atoms with Crippen molar-refractivity contribution in [2.75, 3.05) is 29.9 Å². The first-order valence-electron chi connectivity index (χ1n) is 8.54. The summed E-state index contributed by atoms with van der Waals surface area (Å²) in [5.41, 5.74) is -0.0522. The second-order valence-corrected chi connectivity index (χ2v) is 7.06. The molecule has 1 fully saturated rings. The molecular formula is C18H19ClF2N4O3. The lowest BCUT2D eigenvalue weighted by atomic mass is 10.2. The van der Waals surface area contributed by atoms with Crippen molar-refractivity contribution in [3.63, 3.8) is 0 Å². The van der Waals surface area contributed by atoms with E-state index in [0.717, 1.165) is 6.07 Å². The Morgan fingerprint density at radius 1 is 1.43 bits per heavy atom. The summed E-state index contributed by atoms with van der Waals surface area (Å²) in [5, 5.41) is 2.46. The molecule has 0 saturated carbocycles. The van der Waals surface area contributed by atoms with Crippen molar-refractivity contribution in [2.24, 2.45) is 7.05 Å². The van der Waals surface area contributed by atoms with Gasteiger partial charge in [0.1, 0.15) is 17.5 Å². The minimum absolute atomic E-state index is 0.0765. The van der Waals surface area contributed by atoms with Crippen LogP contribution in [0.4, 0.5) is 20.3 Å². The highest BCUT2D eigenvalue weighted by Gasteiger charge is 2.32. The second kappa shape index (κ2) is 7.84. The zero-order chi connectivity index (χ0) is 20.5. The van der Waals surface area contributed by atoms with Crippen molar-refractivity contribution < 1.29 is 18.3 Å². The summed E-state index contributed by atoms with van der Waals surface area (Å²) in [6.07, 6.45) is -0.203. The number of halogens is 3. The molecule has 150 valence electrons. The van der Waals surface area contributed by atoms with Crippen molar-refractivity contribution in [2.45, 2.75) is 19.2 Å². The van der Waals surface area contributed by atoms with Crippen LogP contribution < -0.4 is 15.8 Å². The summed E-state index contributed by atoms with van der Waals surface area (Å²) < 4.78 is 33.6. The van der Waals surface area contributed by atoms with Gasteiger partial charge in [-0.3, -0.25) is 14.2 Å². The SMILES string of the molecule is Cn1c(CC(=O)Nc2ccc(F)c(Cl)c2)nc(N2CCOC(C)(F)C2)cc1=O. The number of hydrogen-bond acceptors (Lipinski definition) is 5. The van der Waals surface area contributed by atoms with E-state index < -0.39 is 17.6 Å². The third-order valence-electron chi connectivity index (χ3n) is 4.30. The number of ether oxygens (including phenoxy) is 1. The number of alkyl halides is 1. The van der Waals surface area contributed by atoms with E-state index >= 15 is 0 Å². The molecule has 1 aliphatic rings. The van der Waals surface area contributed by atoms with E-state index in [2.05, 4.69) is 10.3 Å². The first-order valence-corrected chi connectivity index (χ1v) is 8.92. The van der Waals surface area contributed by atoms with Crippen LogP contribution >= 0.6 is 11.6 Å². The van der Waals surface area contributed by atoms with Crippen molar-refractivity contribution in [3.05, 3.63) is 51.3 Å². The number of amides is 1. The van der Waals surface area contributed by atoms with Crippen LogP contribution in [0.1, 0.15) is 12.7 Å². The number of carbonyl (C=O) groups is 1. The number of aromatic nitrogens is 2. The molecule has 7 nitrogen and oxygen atoms in total. The number of anilines is 2. The number of carbonyl (C=O) groups excluding carboxylic acids is 1. The standard InChI is InChI=1S/C18H19ClF2N4O3/c1-18(21)10-25(5-6-28-18)15-9-17(27)24(2)14(23-15)8-16(26)22-11-3-4-13(20)12(19)7-11/h3-4,7,9H,5-6,8,10H2,1-2H3,(H,22,26). The first kappa shape index (κ1) is 20.2. The fourth-order valence-corrected chi connectivity index (χ4v) is 3.03. The van der Waals surface area contributed by atoms with Crippen LogP contribution in [0.5, 0.6) is 0 Å². The van der Waals surface area contributed by atoms with Gasteiger partial charge < -0.3 is 15.0 Å². The molecule has 1 unspecified atom stereocenters. The van der Waals surface area contributed by atoms with E-state index in [1.807, 2.05) is 0 Å². The quantitative estimate of drug-likeness (QED) is 0.833. The first-order chi connectivity index (χ1) is 13.1. The van der Waals surface area contributed by atoms with Gasteiger partial charge in [0, 0.05) is 25.3 Å². The summed E-state index contributed by atoms with van der Waals surface area (Å²) in [4.78, 5) is 30.6. The van der Waals surface area contributed by atoms with Gasteiger partial charge in [-0.05, 0) is 25.1 Å². The van der Waals surface area contributed by atoms with Crippen LogP contribution in [0.15, 0.2) is 29.1 Å². The number of morpholine rings is 1. The minimum atomic E-state index is -1.85. The third kappa shape index (κ3) is 4.66. The molecule has 1 N–H and O–H groups in total. The Morgan fingerprint density at radius 3 is 2.86 bits per heavy atom. The molecule has 1 atom stereocenters. The third-order valence-corrected chi connectivity index (χ3v) is 4.59. The Labute approximate surface area is 164 Å². The molecule has 2 heterocycles. The molecule has 3 rings (SSSR count). The van der Waals surface area contributed by atoms with E-state index in [0.29, 0.717) is 12.2 Å². The lowest BCUT2D eigenvalue weighted by Gasteiger charge is -2.35. The summed E-state index contributed by atoms with van der Waals surface area (Å²) in [7, 11) is 1.50. The smallest absolute Gasteiger partial charge is 0.255 e. The van der Waals surface area contributed by atoms with E-state index in [-0.39, 0.29) is 41.8 Å². The zero-order valence-electron chi connectivity index (χ0n) is 15.3. The number of hydrogen-bond donors (Lipinski definition) is 1.